The van der Waals surface area contributed by atoms with E-state index in [0.29, 0.717) is 17.9 Å². The van der Waals surface area contributed by atoms with Gasteiger partial charge in [0.15, 0.2) is 0 Å². The molecule has 2 aromatic heterocycles. The Kier molecular flexibility index (Phi) is 5.04. The smallest absolute Gasteiger partial charge is 0.272 e. The first kappa shape index (κ1) is 18.5. The number of primary amides is 1. The van der Waals surface area contributed by atoms with Crippen LogP contribution in [0.2, 0.25) is 0 Å². The average molecular weight is 442 g/mol. The van der Waals surface area contributed by atoms with Crippen LogP contribution in [0.4, 0.5) is 11.5 Å². The van der Waals surface area contributed by atoms with Gasteiger partial charge in [0.2, 0.25) is 5.91 Å². The van der Waals surface area contributed by atoms with Gasteiger partial charge in [-0.3, -0.25) is 9.59 Å². The van der Waals surface area contributed by atoms with Gasteiger partial charge >= 0.3 is 0 Å². The Morgan fingerprint density at radius 1 is 1.29 bits per heavy atom. The zero-order valence-electron chi connectivity index (χ0n) is 15.1. The third kappa shape index (κ3) is 3.73. The number of rotatable bonds is 4. The number of anilines is 2. The molecule has 3 heterocycles. The number of H-pyrrole nitrogens is 1. The number of carbonyl (C=O) groups excluding carboxylic acids is 2. The summed E-state index contributed by atoms with van der Waals surface area (Å²) in [7, 11) is 0. The summed E-state index contributed by atoms with van der Waals surface area (Å²) in [6.45, 7) is 1.42. The Morgan fingerprint density at radius 3 is 2.86 bits per heavy atom. The number of hydrogen-bond acceptors (Lipinski definition) is 4. The Balaban J connectivity index is 1.46. The molecule has 0 saturated carbocycles. The van der Waals surface area contributed by atoms with Crippen LogP contribution in [0.15, 0.2) is 47.1 Å². The van der Waals surface area contributed by atoms with Crippen molar-refractivity contribution in [2.24, 2.45) is 11.7 Å². The van der Waals surface area contributed by atoms with Gasteiger partial charge < -0.3 is 20.9 Å². The average Bonchev–Trinajstić information content (AvgIpc) is 3.15. The van der Waals surface area contributed by atoms with Crippen LogP contribution in [0.3, 0.4) is 0 Å². The molecule has 4 N–H and O–H groups in total. The second-order valence-electron chi connectivity index (χ2n) is 6.93. The largest absolute Gasteiger partial charge is 0.369 e. The van der Waals surface area contributed by atoms with E-state index < -0.39 is 0 Å². The Bertz CT molecular complexity index is 1030. The molecular formula is C20H20BrN5O2. The number of halogens is 1. The molecule has 1 atom stereocenters. The van der Waals surface area contributed by atoms with E-state index in [1.807, 2.05) is 36.4 Å². The van der Waals surface area contributed by atoms with Crippen molar-refractivity contribution in [2.75, 3.05) is 23.3 Å². The van der Waals surface area contributed by atoms with Crippen molar-refractivity contribution in [3.05, 3.63) is 52.8 Å². The second kappa shape index (κ2) is 7.63. The monoisotopic (exact) mass is 441 g/mol. The van der Waals surface area contributed by atoms with Crippen LogP contribution in [0.5, 0.6) is 0 Å². The maximum Gasteiger partial charge on any atom is 0.272 e. The number of hydrogen-bond donors (Lipinski definition) is 3. The molecule has 2 amide bonds. The summed E-state index contributed by atoms with van der Waals surface area (Å²) in [5, 5.41) is 3.81. The van der Waals surface area contributed by atoms with E-state index in [0.717, 1.165) is 40.6 Å². The maximum atomic E-state index is 12.6. The van der Waals surface area contributed by atoms with Crippen molar-refractivity contribution in [2.45, 2.75) is 12.8 Å². The molecule has 8 heteroatoms. The zero-order valence-corrected chi connectivity index (χ0v) is 16.7. The fourth-order valence-electron chi connectivity index (χ4n) is 3.50. The highest BCUT2D eigenvalue weighted by Crippen LogP contribution is 2.25. The fraction of sp³-hybridized carbons (Fsp3) is 0.250. The molecule has 1 aromatic carbocycles. The summed E-state index contributed by atoms with van der Waals surface area (Å²) in [6.07, 6.45) is 3.35. The number of amides is 2. The van der Waals surface area contributed by atoms with Gasteiger partial charge in [0.25, 0.3) is 5.91 Å². The minimum absolute atomic E-state index is 0.142. The van der Waals surface area contributed by atoms with Crippen LogP contribution in [-0.4, -0.2) is 34.9 Å². The van der Waals surface area contributed by atoms with Crippen molar-refractivity contribution >= 4 is 50.2 Å². The lowest BCUT2D eigenvalue weighted by Crippen LogP contribution is -2.41. The van der Waals surface area contributed by atoms with Crippen molar-refractivity contribution in [1.82, 2.24) is 9.97 Å². The van der Waals surface area contributed by atoms with Crippen molar-refractivity contribution in [1.29, 1.82) is 0 Å². The molecule has 0 aliphatic carbocycles. The highest BCUT2D eigenvalue weighted by molar-refractivity contribution is 9.10. The van der Waals surface area contributed by atoms with Gasteiger partial charge in [-0.15, -0.1) is 0 Å². The number of fused-ring (bicyclic) bond motifs is 1. The molecule has 0 bridgehead atoms. The van der Waals surface area contributed by atoms with Gasteiger partial charge in [0, 0.05) is 28.5 Å². The molecule has 1 fully saturated rings. The number of piperidine rings is 1. The first-order valence-electron chi connectivity index (χ1n) is 9.10. The van der Waals surface area contributed by atoms with E-state index in [1.54, 1.807) is 6.20 Å². The summed E-state index contributed by atoms with van der Waals surface area (Å²) in [5.74, 6) is 0.137. The number of aromatic nitrogens is 2. The van der Waals surface area contributed by atoms with Crippen LogP contribution in [-0.2, 0) is 4.79 Å². The predicted octanol–water partition coefficient (Wildman–Crippen LogP) is 3.28. The van der Waals surface area contributed by atoms with Crippen LogP contribution in [0, 0.1) is 5.92 Å². The molecule has 1 aliphatic heterocycles. The summed E-state index contributed by atoms with van der Waals surface area (Å²) in [6, 6.07) is 11.2. The quantitative estimate of drug-likeness (QED) is 0.577. The van der Waals surface area contributed by atoms with E-state index in [4.69, 9.17) is 5.73 Å². The number of benzene rings is 1. The lowest BCUT2D eigenvalue weighted by Gasteiger charge is -2.32. The van der Waals surface area contributed by atoms with E-state index in [2.05, 4.69) is 36.1 Å². The summed E-state index contributed by atoms with van der Waals surface area (Å²) >= 11 is 3.49. The Hall–Kier alpha value is -2.87. The third-order valence-corrected chi connectivity index (χ3v) is 5.70. The SMILES string of the molecule is NC(=O)C1CCCN(c2ccc(NC(=O)c3cc4c(Br)cccc4[nH]3)cn2)C1. The molecule has 1 aliphatic rings. The molecule has 0 radical (unpaired) electrons. The highest BCUT2D eigenvalue weighted by atomic mass is 79.9. The Morgan fingerprint density at radius 2 is 2.14 bits per heavy atom. The maximum absolute atomic E-state index is 12.6. The third-order valence-electron chi connectivity index (χ3n) is 5.01. The highest BCUT2D eigenvalue weighted by Gasteiger charge is 2.24. The van der Waals surface area contributed by atoms with Gasteiger partial charge in [-0.25, -0.2) is 4.98 Å². The van der Waals surface area contributed by atoms with Gasteiger partial charge in [0.1, 0.15) is 11.5 Å². The van der Waals surface area contributed by atoms with Gasteiger partial charge in [-0.1, -0.05) is 22.0 Å². The lowest BCUT2D eigenvalue weighted by atomic mass is 9.97. The molecule has 0 spiro atoms. The van der Waals surface area contributed by atoms with E-state index >= 15 is 0 Å². The minimum atomic E-state index is -0.265. The zero-order chi connectivity index (χ0) is 19.7. The molecule has 4 rings (SSSR count). The lowest BCUT2D eigenvalue weighted by molar-refractivity contribution is -0.122. The standard InChI is InChI=1S/C20H20BrN5O2/c21-15-4-1-5-16-14(15)9-17(25-16)20(28)24-13-6-7-18(23-10-13)26-8-2-3-12(11-26)19(22)27/h1,4-7,9-10,12,25H,2-3,8,11H2,(H2,22,27)(H,24,28). The summed E-state index contributed by atoms with van der Waals surface area (Å²) in [5.41, 5.74) is 7.41. The number of aromatic amines is 1. The van der Waals surface area contributed by atoms with Crippen molar-refractivity contribution < 1.29 is 9.59 Å². The number of nitrogens with zero attached hydrogens (tertiary/aromatic N) is 2. The topological polar surface area (TPSA) is 104 Å². The number of nitrogens with two attached hydrogens (primary N) is 1. The molecular weight excluding hydrogens is 422 g/mol. The van der Waals surface area contributed by atoms with Crippen LogP contribution >= 0.6 is 15.9 Å². The van der Waals surface area contributed by atoms with Crippen molar-refractivity contribution in [3.8, 4) is 0 Å². The minimum Gasteiger partial charge on any atom is -0.369 e. The van der Waals surface area contributed by atoms with Crippen LogP contribution in [0.1, 0.15) is 23.3 Å². The second-order valence-corrected chi connectivity index (χ2v) is 7.79. The molecule has 3 aromatic rings. The molecule has 7 nitrogen and oxygen atoms in total. The predicted molar refractivity (Wildman–Crippen MR) is 112 cm³/mol. The van der Waals surface area contributed by atoms with Crippen LogP contribution < -0.4 is 16.0 Å². The molecule has 1 saturated heterocycles. The van der Waals surface area contributed by atoms with Crippen molar-refractivity contribution in [3.63, 3.8) is 0 Å². The van der Waals surface area contributed by atoms with E-state index in [9.17, 15) is 9.59 Å². The molecule has 1 unspecified atom stereocenters. The molecule has 144 valence electrons. The first-order valence-corrected chi connectivity index (χ1v) is 9.89. The Labute approximate surface area is 170 Å². The fourth-order valence-corrected chi connectivity index (χ4v) is 3.98. The number of carbonyl (C=O) groups is 2. The van der Waals surface area contributed by atoms with Gasteiger partial charge in [-0.05, 0) is 43.2 Å². The van der Waals surface area contributed by atoms with Crippen LogP contribution in [0.25, 0.3) is 10.9 Å². The summed E-state index contributed by atoms with van der Waals surface area (Å²) in [4.78, 5) is 33.6. The number of nitrogens with one attached hydrogen (secondary N) is 2. The van der Waals surface area contributed by atoms with E-state index in [1.165, 1.54) is 0 Å². The van der Waals surface area contributed by atoms with Gasteiger partial charge in [0.05, 0.1) is 17.8 Å². The van der Waals surface area contributed by atoms with Gasteiger partial charge in [-0.2, -0.15) is 0 Å². The molecule has 28 heavy (non-hydrogen) atoms. The number of pyridine rings is 1. The normalized spacial score (nSPS) is 16.9. The summed E-state index contributed by atoms with van der Waals surface area (Å²) < 4.78 is 0.933. The van der Waals surface area contributed by atoms with E-state index in [-0.39, 0.29) is 17.7 Å². The first-order chi connectivity index (χ1) is 13.5.